The fourth-order valence-corrected chi connectivity index (χ4v) is 3.34. The van der Waals surface area contributed by atoms with Gasteiger partial charge in [-0.2, -0.15) is 0 Å². The zero-order valence-corrected chi connectivity index (χ0v) is 13.9. The minimum atomic E-state index is 0.156. The average Bonchev–Trinajstić information content (AvgIpc) is 2.78. The molecule has 1 fully saturated rings. The molecule has 0 aliphatic carbocycles. The smallest absolute Gasteiger partial charge is 0.220 e. The van der Waals surface area contributed by atoms with Crippen LogP contribution in [-0.2, 0) is 4.79 Å². The van der Waals surface area contributed by atoms with Crippen molar-refractivity contribution in [3.05, 3.63) is 29.3 Å². The van der Waals surface area contributed by atoms with E-state index in [1.165, 1.54) is 16.8 Å². The van der Waals surface area contributed by atoms with E-state index >= 15 is 0 Å². The van der Waals surface area contributed by atoms with E-state index in [-0.39, 0.29) is 17.9 Å². The number of alkyl halides is 1. The van der Waals surface area contributed by atoms with E-state index in [1.54, 1.807) is 0 Å². The second-order valence-electron chi connectivity index (χ2n) is 5.88. The van der Waals surface area contributed by atoms with E-state index in [0.29, 0.717) is 12.3 Å². The molecule has 116 valence electrons. The lowest BCUT2D eigenvalue weighted by atomic mass is 9.89. The molecular formula is C17H25ClN2O. The molecule has 2 unspecified atom stereocenters. The molecule has 1 saturated heterocycles. The van der Waals surface area contributed by atoms with Gasteiger partial charge in [-0.25, -0.2) is 0 Å². The van der Waals surface area contributed by atoms with Crippen molar-refractivity contribution in [2.24, 2.45) is 0 Å². The van der Waals surface area contributed by atoms with Crippen molar-refractivity contribution in [1.82, 2.24) is 5.32 Å². The third-order valence-electron chi connectivity index (χ3n) is 4.27. The lowest BCUT2D eigenvalue weighted by Crippen LogP contribution is -2.27. The van der Waals surface area contributed by atoms with Crippen LogP contribution in [0.4, 0.5) is 5.69 Å². The Balaban J connectivity index is 2.30. The molecule has 1 aromatic rings. The van der Waals surface area contributed by atoms with Gasteiger partial charge < -0.3 is 10.2 Å². The van der Waals surface area contributed by atoms with Gasteiger partial charge in [-0.15, -0.1) is 11.6 Å². The molecule has 1 amide bonds. The van der Waals surface area contributed by atoms with Crippen molar-refractivity contribution in [2.75, 3.05) is 23.9 Å². The Labute approximate surface area is 132 Å². The van der Waals surface area contributed by atoms with Crippen LogP contribution in [0.3, 0.4) is 0 Å². The molecule has 0 spiro atoms. The summed E-state index contributed by atoms with van der Waals surface area (Å²) in [6.45, 7) is 8.25. The van der Waals surface area contributed by atoms with E-state index in [2.05, 4.69) is 49.2 Å². The zero-order valence-electron chi connectivity index (χ0n) is 13.2. The molecule has 1 aliphatic rings. The van der Waals surface area contributed by atoms with Crippen LogP contribution in [0.25, 0.3) is 0 Å². The van der Waals surface area contributed by atoms with Crippen molar-refractivity contribution in [2.45, 2.75) is 45.6 Å². The fourth-order valence-electron chi connectivity index (χ4n) is 3.14. The number of hydrogen-bond donors (Lipinski definition) is 1. The highest BCUT2D eigenvalue weighted by Gasteiger charge is 2.31. The topological polar surface area (TPSA) is 32.3 Å². The van der Waals surface area contributed by atoms with Gasteiger partial charge in [0, 0.05) is 43.0 Å². The van der Waals surface area contributed by atoms with E-state index in [1.807, 2.05) is 0 Å². The van der Waals surface area contributed by atoms with Crippen LogP contribution >= 0.6 is 11.6 Å². The molecule has 1 aromatic carbocycles. The number of benzene rings is 1. The molecule has 0 radical (unpaired) electrons. The van der Waals surface area contributed by atoms with Gasteiger partial charge in [-0.3, -0.25) is 4.79 Å². The Kier molecular flexibility index (Phi) is 5.51. The molecular weight excluding hydrogens is 284 g/mol. The first-order valence-electron chi connectivity index (χ1n) is 7.77. The maximum Gasteiger partial charge on any atom is 0.220 e. The maximum absolute atomic E-state index is 11.6. The average molecular weight is 309 g/mol. The van der Waals surface area contributed by atoms with Crippen molar-refractivity contribution >= 4 is 23.2 Å². The first-order valence-corrected chi connectivity index (χ1v) is 8.31. The summed E-state index contributed by atoms with van der Waals surface area (Å²) in [4.78, 5) is 14.0. The SMILES string of the molecule is CCCN(CCCl)c1ccc(C)c(C2CC(=O)NC2C)c1. The lowest BCUT2D eigenvalue weighted by molar-refractivity contribution is -0.119. The Morgan fingerprint density at radius 2 is 2.14 bits per heavy atom. The van der Waals surface area contributed by atoms with Crippen molar-refractivity contribution in [3.8, 4) is 0 Å². The molecule has 4 heteroatoms. The van der Waals surface area contributed by atoms with Gasteiger partial charge >= 0.3 is 0 Å². The number of carbonyl (C=O) groups excluding carboxylic acids is 1. The van der Waals surface area contributed by atoms with Gasteiger partial charge in [0.05, 0.1) is 0 Å². The first-order chi connectivity index (χ1) is 10.1. The van der Waals surface area contributed by atoms with Crippen LogP contribution < -0.4 is 10.2 Å². The van der Waals surface area contributed by atoms with Crippen LogP contribution in [0.1, 0.15) is 43.7 Å². The number of hydrogen-bond acceptors (Lipinski definition) is 2. The largest absolute Gasteiger partial charge is 0.370 e. The number of carbonyl (C=O) groups is 1. The quantitative estimate of drug-likeness (QED) is 0.817. The normalized spacial score (nSPS) is 21.4. The summed E-state index contributed by atoms with van der Waals surface area (Å²) in [5.41, 5.74) is 3.76. The second kappa shape index (κ2) is 7.17. The standard InChI is InChI=1S/C17H25ClN2O/c1-4-8-20(9-7-18)14-6-5-12(2)15(10-14)16-11-17(21)19-13(16)3/h5-6,10,13,16H,4,7-9,11H2,1-3H3,(H,19,21). The van der Waals surface area contributed by atoms with E-state index < -0.39 is 0 Å². The van der Waals surface area contributed by atoms with Gasteiger partial charge in [0.25, 0.3) is 0 Å². The summed E-state index contributed by atoms with van der Waals surface area (Å²) >= 11 is 5.93. The number of aryl methyl sites for hydroxylation is 1. The lowest BCUT2D eigenvalue weighted by Gasteiger charge is -2.26. The van der Waals surface area contributed by atoms with Crippen LogP contribution in [0, 0.1) is 6.92 Å². The summed E-state index contributed by atoms with van der Waals surface area (Å²) in [5, 5.41) is 3.02. The monoisotopic (exact) mass is 308 g/mol. The maximum atomic E-state index is 11.6. The summed E-state index contributed by atoms with van der Waals surface area (Å²) in [6.07, 6.45) is 1.69. The van der Waals surface area contributed by atoms with Gasteiger partial charge in [0.2, 0.25) is 5.91 Å². The number of nitrogens with zero attached hydrogens (tertiary/aromatic N) is 1. The van der Waals surface area contributed by atoms with E-state index in [4.69, 9.17) is 11.6 Å². The Morgan fingerprint density at radius 3 is 2.71 bits per heavy atom. The number of anilines is 1. The summed E-state index contributed by atoms with van der Waals surface area (Å²) < 4.78 is 0. The fraction of sp³-hybridized carbons (Fsp3) is 0.588. The molecule has 1 aliphatic heterocycles. The van der Waals surface area contributed by atoms with Crippen LogP contribution in [0.5, 0.6) is 0 Å². The van der Waals surface area contributed by atoms with Gasteiger partial charge in [0.15, 0.2) is 0 Å². The molecule has 0 saturated carbocycles. The molecule has 21 heavy (non-hydrogen) atoms. The van der Waals surface area contributed by atoms with Gasteiger partial charge in [-0.05, 0) is 43.5 Å². The second-order valence-corrected chi connectivity index (χ2v) is 6.26. The third-order valence-corrected chi connectivity index (χ3v) is 4.44. The summed E-state index contributed by atoms with van der Waals surface area (Å²) in [7, 11) is 0. The molecule has 0 aromatic heterocycles. The van der Waals surface area contributed by atoms with E-state index in [9.17, 15) is 4.79 Å². The highest BCUT2D eigenvalue weighted by molar-refractivity contribution is 6.18. The number of nitrogens with one attached hydrogen (secondary N) is 1. The van der Waals surface area contributed by atoms with Crippen molar-refractivity contribution < 1.29 is 4.79 Å². The Morgan fingerprint density at radius 1 is 1.38 bits per heavy atom. The molecule has 1 N–H and O–H groups in total. The van der Waals surface area contributed by atoms with Crippen LogP contribution in [-0.4, -0.2) is 30.9 Å². The molecule has 2 atom stereocenters. The molecule has 0 bridgehead atoms. The van der Waals surface area contributed by atoms with Crippen molar-refractivity contribution in [1.29, 1.82) is 0 Å². The zero-order chi connectivity index (χ0) is 15.4. The summed E-state index contributed by atoms with van der Waals surface area (Å²) in [6, 6.07) is 6.78. The Hall–Kier alpha value is -1.22. The predicted octanol–water partition coefficient (Wildman–Crippen LogP) is 3.44. The van der Waals surface area contributed by atoms with Crippen molar-refractivity contribution in [3.63, 3.8) is 0 Å². The highest BCUT2D eigenvalue weighted by Crippen LogP contribution is 2.33. The number of rotatable bonds is 6. The van der Waals surface area contributed by atoms with Gasteiger partial charge in [-0.1, -0.05) is 13.0 Å². The minimum absolute atomic E-state index is 0.156. The number of amides is 1. The third kappa shape index (κ3) is 3.70. The number of halogens is 1. The van der Waals surface area contributed by atoms with Crippen LogP contribution in [0.2, 0.25) is 0 Å². The van der Waals surface area contributed by atoms with Crippen LogP contribution in [0.15, 0.2) is 18.2 Å². The van der Waals surface area contributed by atoms with E-state index in [0.717, 1.165) is 19.5 Å². The highest BCUT2D eigenvalue weighted by atomic mass is 35.5. The predicted molar refractivity (Wildman–Crippen MR) is 89.4 cm³/mol. The minimum Gasteiger partial charge on any atom is -0.370 e. The molecule has 2 rings (SSSR count). The molecule has 1 heterocycles. The van der Waals surface area contributed by atoms with Gasteiger partial charge in [0.1, 0.15) is 0 Å². The summed E-state index contributed by atoms with van der Waals surface area (Å²) in [5.74, 6) is 1.06. The first kappa shape index (κ1) is 16.2. The Bertz CT molecular complexity index is 498. The molecule has 3 nitrogen and oxygen atoms in total.